The van der Waals surface area contributed by atoms with Gasteiger partial charge in [0.1, 0.15) is 0 Å². The monoisotopic (exact) mass is 534 g/mol. The smallest absolute Gasteiger partial charge is 0.170 e. The number of hydrogen-bond acceptors (Lipinski definition) is 2. The van der Waals surface area contributed by atoms with Crippen LogP contribution in [-0.4, -0.2) is 25.6 Å². The molecule has 6 atom stereocenters. The molecule has 0 saturated carbocycles. The highest BCUT2D eigenvalue weighted by Gasteiger charge is 2.57. The highest BCUT2D eigenvalue weighted by Crippen LogP contribution is 2.57. The van der Waals surface area contributed by atoms with Crippen LogP contribution in [0.2, 0.25) is 33.2 Å². The molecule has 6 unspecified atom stereocenters. The average molecular weight is 535 g/mol. The van der Waals surface area contributed by atoms with Crippen molar-refractivity contribution in [3.05, 3.63) is 22.8 Å². The maximum atomic E-state index is 3.02. The number of hydrogen-bond donors (Lipinski definition) is 0. The molecule has 0 amide bonds. The Balaban J connectivity index is 4.15. The third-order valence-corrected chi connectivity index (χ3v) is 26.4. The molecule has 0 aliphatic carbocycles. The quantitative estimate of drug-likeness (QED) is 0.204. The van der Waals surface area contributed by atoms with Crippen LogP contribution < -0.4 is 0 Å². The highest BCUT2D eigenvalue weighted by atomic mass is 28.3. The number of rotatable bonds is 14. The number of allylic oxidation sites excluding steroid dienone is 4. The van der Waals surface area contributed by atoms with E-state index < -0.39 is 16.5 Å². The molecule has 36 heavy (non-hydrogen) atoms. The third-order valence-electron chi connectivity index (χ3n) is 11.6. The Morgan fingerprint density at radius 2 is 0.528 bits per heavy atom. The Labute approximate surface area is 230 Å². The highest BCUT2D eigenvalue weighted by molar-refractivity contribution is 6.83. The maximum absolute atomic E-state index is 3.02. The van der Waals surface area contributed by atoms with Gasteiger partial charge in [-0.05, 0) is 60.9 Å². The minimum Gasteiger partial charge on any atom is -0.372 e. The molecular weight excluding hydrogens is 469 g/mol. The van der Waals surface area contributed by atoms with Crippen LogP contribution in [0, 0.1) is 0 Å². The molecule has 1 rings (SSSR count). The van der Waals surface area contributed by atoms with Gasteiger partial charge in [0.25, 0.3) is 0 Å². The molecular formula is C32H66N2Si2. The van der Waals surface area contributed by atoms with Gasteiger partial charge in [-0.15, -0.1) is 0 Å². The summed E-state index contributed by atoms with van der Waals surface area (Å²) in [6, 6.07) is 0. The average Bonchev–Trinajstić information content (AvgIpc) is 2.89. The first-order valence-corrected chi connectivity index (χ1v) is 20.1. The van der Waals surface area contributed by atoms with Gasteiger partial charge < -0.3 is 9.13 Å². The van der Waals surface area contributed by atoms with Crippen molar-refractivity contribution < 1.29 is 0 Å². The van der Waals surface area contributed by atoms with Crippen molar-refractivity contribution in [2.75, 3.05) is 0 Å². The van der Waals surface area contributed by atoms with Gasteiger partial charge in [0.15, 0.2) is 16.5 Å². The van der Waals surface area contributed by atoms with Gasteiger partial charge in [-0.2, -0.15) is 0 Å². The lowest BCUT2D eigenvalue weighted by Gasteiger charge is -2.61. The molecule has 0 aromatic heterocycles. The van der Waals surface area contributed by atoms with Crippen molar-refractivity contribution >= 4 is 16.5 Å². The third kappa shape index (κ3) is 5.08. The van der Waals surface area contributed by atoms with Gasteiger partial charge in [-0.3, -0.25) is 0 Å². The van der Waals surface area contributed by atoms with Crippen LogP contribution in [-0.2, 0) is 0 Å². The molecule has 0 aromatic carbocycles. The molecule has 1 aliphatic heterocycles. The van der Waals surface area contributed by atoms with Crippen molar-refractivity contribution in [2.45, 2.75) is 183 Å². The molecule has 0 N–H and O–H groups in total. The van der Waals surface area contributed by atoms with Crippen molar-refractivity contribution in [1.82, 2.24) is 9.13 Å². The summed E-state index contributed by atoms with van der Waals surface area (Å²) in [6.45, 7) is 40.2. The van der Waals surface area contributed by atoms with E-state index in [1.807, 2.05) is 0 Å². The lowest BCUT2D eigenvalue weighted by Crippen LogP contribution is -2.65. The first-order valence-electron chi connectivity index (χ1n) is 15.7. The molecule has 1 aliphatic rings. The van der Waals surface area contributed by atoms with Gasteiger partial charge in [0.2, 0.25) is 0 Å². The summed E-state index contributed by atoms with van der Waals surface area (Å²) in [6.07, 6.45) is 7.70. The van der Waals surface area contributed by atoms with Gasteiger partial charge >= 0.3 is 0 Å². The second-order valence-corrected chi connectivity index (χ2v) is 23.0. The van der Waals surface area contributed by atoms with Gasteiger partial charge in [-0.25, -0.2) is 0 Å². The standard InChI is InChI=1S/C32H66N2Si2/c1-17-23(7)35(24(8)18-2,25(9)19-3)33-29(13)31(15)34(32(16)30(33)14)36(26(10)20-4,27(11)21-5)28(12)22-6/h23-28H,17-22H2,1-16H3. The van der Waals surface area contributed by atoms with Crippen LogP contribution in [0.25, 0.3) is 0 Å². The predicted octanol–water partition coefficient (Wildman–Crippen LogP) is 11.8. The van der Waals surface area contributed by atoms with Crippen LogP contribution in [0.5, 0.6) is 0 Å². The van der Waals surface area contributed by atoms with Crippen molar-refractivity contribution in [3.63, 3.8) is 0 Å². The summed E-state index contributed by atoms with van der Waals surface area (Å²) < 4.78 is 6.04. The molecule has 212 valence electrons. The van der Waals surface area contributed by atoms with Gasteiger partial charge in [0.05, 0.1) is 0 Å². The second kappa shape index (κ2) is 13.5. The fraction of sp³-hybridized carbons (Fsp3) is 0.875. The normalized spacial score (nSPS) is 23.7. The van der Waals surface area contributed by atoms with Crippen LogP contribution in [0.3, 0.4) is 0 Å². The second-order valence-electron chi connectivity index (χ2n) is 12.6. The van der Waals surface area contributed by atoms with Crippen LogP contribution in [0.1, 0.15) is 149 Å². The molecule has 0 saturated heterocycles. The zero-order valence-corrected chi connectivity index (χ0v) is 29.6. The van der Waals surface area contributed by atoms with Crippen LogP contribution >= 0.6 is 0 Å². The lowest BCUT2D eigenvalue weighted by atomic mass is 10.2. The first kappa shape index (κ1) is 33.5. The minimum absolute atomic E-state index is 0.764. The van der Waals surface area contributed by atoms with Crippen molar-refractivity contribution in [2.24, 2.45) is 0 Å². The minimum atomic E-state index is -1.90. The molecule has 2 nitrogen and oxygen atoms in total. The van der Waals surface area contributed by atoms with E-state index in [0.717, 1.165) is 33.2 Å². The summed E-state index contributed by atoms with van der Waals surface area (Å²) in [5, 5.41) is 0. The van der Waals surface area contributed by atoms with E-state index >= 15 is 0 Å². The zero-order valence-electron chi connectivity index (χ0n) is 27.6. The summed E-state index contributed by atoms with van der Waals surface area (Å²) in [7, 11) is -3.81. The fourth-order valence-corrected chi connectivity index (χ4v) is 23.9. The van der Waals surface area contributed by atoms with E-state index in [9.17, 15) is 0 Å². The van der Waals surface area contributed by atoms with E-state index in [-0.39, 0.29) is 0 Å². The predicted molar refractivity (Wildman–Crippen MR) is 170 cm³/mol. The fourth-order valence-electron chi connectivity index (χ4n) is 8.51. The Kier molecular flexibility index (Phi) is 12.6. The topological polar surface area (TPSA) is 6.48 Å². The first-order chi connectivity index (χ1) is 16.8. The lowest BCUT2D eigenvalue weighted by molar-refractivity contribution is 0.425. The molecule has 0 radical (unpaired) electrons. The van der Waals surface area contributed by atoms with E-state index in [1.165, 1.54) is 38.5 Å². The van der Waals surface area contributed by atoms with Crippen LogP contribution in [0.4, 0.5) is 0 Å². The Bertz CT molecular complexity index is 629. The van der Waals surface area contributed by atoms with Crippen molar-refractivity contribution in [3.8, 4) is 0 Å². The summed E-state index contributed by atoms with van der Waals surface area (Å²) in [5.74, 6) is 0. The molecule has 0 bridgehead atoms. The summed E-state index contributed by atoms with van der Waals surface area (Å²) in [5.41, 5.74) is 10.9. The SMILES string of the molecule is CCC(C)[Si](C(C)CC)(C(C)CC)N1C(C)=C(C)N([Si](C(C)CC)(C(C)CC)C(C)CC)C(C)=C1C. The molecule has 0 aromatic rings. The largest absolute Gasteiger partial charge is 0.372 e. The Morgan fingerprint density at radius 3 is 0.639 bits per heavy atom. The maximum Gasteiger partial charge on any atom is 0.170 e. The molecule has 1 heterocycles. The Morgan fingerprint density at radius 1 is 0.389 bits per heavy atom. The van der Waals surface area contributed by atoms with E-state index in [4.69, 9.17) is 0 Å². The summed E-state index contributed by atoms with van der Waals surface area (Å²) in [4.78, 5) is 0. The van der Waals surface area contributed by atoms with Crippen molar-refractivity contribution in [1.29, 1.82) is 0 Å². The molecule has 4 heteroatoms. The molecule has 0 fully saturated rings. The summed E-state index contributed by atoms with van der Waals surface area (Å²) >= 11 is 0. The zero-order chi connectivity index (χ0) is 28.2. The van der Waals surface area contributed by atoms with Gasteiger partial charge in [0, 0.05) is 22.8 Å². The van der Waals surface area contributed by atoms with Crippen LogP contribution in [0.15, 0.2) is 22.8 Å². The number of nitrogens with zero attached hydrogens (tertiary/aromatic N) is 2. The van der Waals surface area contributed by atoms with Gasteiger partial charge in [-0.1, -0.05) is 122 Å². The van der Waals surface area contributed by atoms with E-state index in [2.05, 4.69) is 120 Å². The van der Waals surface area contributed by atoms with E-state index in [1.54, 1.807) is 22.8 Å². The van der Waals surface area contributed by atoms with E-state index in [0.29, 0.717) is 0 Å². The Hall–Kier alpha value is -0.486. The molecule has 0 spiro atoms.